The van der Waals surface area contributed by atoms with Gasteiger partial charge in [-0.15, -0.1) is 0 Å². The molecule has 5 heteroatoms. The first-order valence-corrected chi connectivity index (χ1v) is 6.31. The van der Waals surface area contributed by atoms with Crippen LogP contribution in [0.5, 0.6) is 5.75 Å². The molecule has 0 bridgehead atoms. The Hall–Kier alpha value is -1.07. The summed E-state index contributed by atoms with van der Waals surface area (Å²) >= 11 is 0. The normalized spacial score (nSPS) is 11.7. The molecule has 0 aliphatic heterocycles. The average Bonchev–Trinajstić information content (AvgIpc) is 2.05. The summed E-state index contributed by atoms with van der Waals surface area (Å²) in [5.41, 5.74) is 1.11. The monoisotopic (exact) mass is 229 g/mol. The molecule has 0 saturated heterocycles. The lowest BCUT2D eigenvalue weighted by Crippen LogP contribution is -2.10. The van der Waals surface area contributed by atoms with Gasteiger partial charge in [0, 0.05) is 6.54 Å². The van der Waals surface area contributed by atoms with E-state index in [1.165, 1.54) is 0 Å². The fourth-order valence-corrected chi connectivity index (χ4v) is 1.65. The van der Waals surface area contributed by atoms with E-state index in [0.29, 0.717) is 5.75 Å². The van der Waals surface area contributed by atoms with E-state index < -0.39 is 10.1 Å². The fourth-order valence-electron chi connectivity index (χ4n) is 1.19. The van der Waals surface area contributed by atoms with E-state index in [1.54, 1.807) is 12.1 Å². The number of rotatable bonds is 4. The summed E-state index contributed by atoms with van der Waals surface area (Å²) < 4.78 is 26.4. The molecule has 0 N–H and O–H groups in total. The molecule has 0 aliphatic rings. The minimum absolute atomic E-state index is 0.347. The highest BCUT2D eigenvalue weighted by Gasteiger charge is 2.03. The second-order valence-corrected chi connectivity index (χ2v) is 5.24. The zero-order valence-corrected chi connectivity index (χ0v) is 9.91. The standard InChI is InChI=1S/C10H15NO3S/c1-11(2)8-9-4-6-10(7-5-9)14-15(3,12)13/h4-7H,8H2,1-3H3. The summed E-state index contributed by atoms with van der Waals surface area (Å²) in [6.45, 7) is 0.819. The lowest BCUT2D eigenvalue weighted by atomic mass is 10.2. The van der Waals surface area contributed by atoms with Crippen LogP contribution in [-0.4, -0.2) is 33.7 Å². The van der Waals surface area contributed by atoms with Crippen LogP contribution in [0, 0.1) is 0 Å². The predicted octanol–water partition coefficient (Wildman–Crippen LogP) is 1.09. The molecule has 1 rings (SSSR count). The molecule has 0 aliphatic carbocycles. The topological polar surface area (TPSA) is 46.6 Å². The van der Waals surface area contributed by atoms with Gasteiger partial charge in [0.2, 0.25) is 0 Å². The van der Waals surface area contributed by atoms with Crippen LogP contribution in [-0.2, 0) is 16.7 Å². The van der Waals surface area contributed by atoms with E-state index in [-0.39, 0.29) is 0 Å². The van der Waals surface area contributed by atoms with Crippen LogP contribution >= 0.6 is 0 Å². The van der Waals surface area contributed by atoms with Crippen LogP contribution in [0.15, 0.2) is 24.3 Å². The summed E-state index contributed by atoms with van der Waals surface area (Å²) in [5.74, 6) is 0.347. The number of benzene rings is 1. The van der Waals surface area contributed by atoms with Gasteiger partial charge in [0.1, 0.15) is 5.75 Å². The molecule has 0 heterocycles. The van der Waals surface area contributed by atoms with E-state index in [1.807, 2.05) is 31.1 Å². The van der Waals surface area contributed by atoms with Gasteiger partial charge in [-0.1, -0.05) is 12.1 Å². The van der Waals surface area contributed by atoms with Crippen LogP contribution in [0.1, 0.15) is 5.56 Å². The first-order chi connectivity index (χ1) is 6.87. The van der Waals surface area contributed by atoms with Crippen molar-refractivity contribution in [3.8, 4) is 5.75 Å². The van der Waals surface area contributed by atoms with Gasteiger partial charge >= 0.3 is 10.1 Å². The van der Waals surface area contributed by atoms with Crippen molar-refractivity contribution in [3.63, 3.8) is 0 Å². The Morgan fingerprint density at radius 3 is 2.13 bits per heavy atom. The fraction of sp³-hybridized carbons (Fsp3) is 0.400. The van der Waals surface area contributed by atoms with Crippen molar-refractivity contribution >= 4 is 10.1 Å². The third-order valence-corrected chi connectivity index (χ3v) is 2.16. The Morgan fingerprint density at radius 2 is 1.73 bits per heavy atom. The second kappa shape index (κ2) is 4.63. The van der Waals surface area contributed by atoms with E-state index in [0.717, 1.165) is 18.4 Å². The van der Waals surface area contributed by atoms with Gasteiger partial charge in [-0.25, -0.2) is 0 Å². The molecule has 4 nitrogen and oxygen atoms in total. The van der Waals surface area contributed by atoms with E-state index in [9.17, 15) is 8.42 Å². The molecule has 0 saturated carbocycles. The maximum atomic E-state index is 10.8. The molecule has 0 unspecified atom stereocenters. The smallest absolute Gasteiger partial charge is 0.306 e. The molecule has 0 atom stereocenters. The largest absolute Gasteiger partial charge is 0.383 e. The molecule has 0 amide bonds. The van der Waals surface area contributed by atoms with Crippen LogP contribution in [0.3, 0.4) is 0 Å². The molecule has 84 valence electrons. The summed E-state index contributed by atoms with van der Waals surface area (Å²) in [6.07, 6.45) is 1.03. The van der Waals surface area contributed by atoms with Crippen LogP contribution in [0.4, 0.5) is 0 Å². The van der Waals surface area contributed by atoms with Crippen molar-refractivity contribution in [2.24, 2.45) is 0 Å². The summed E-state index contributed by atoms with van der Waals surface area (Å²) in [5, 5.41) is 0. The van der Waals surface area contributed by atoms with Gasteiger partial charge in [0.15, 0.2) is 0 Å². The lowest BCUT2D eigenvalue weighted by molar-refractivity contribution is 0.402. The first-order valence-electron chi connectivity index (χ1n) is 4.50. The molecule has 1 aromatic carbocycles. The lowest BCUT2D eigenvalue weighted by Gasteiger charge is -2.09. The zero-order valence-electron chi connectivity index (χ0n) is 9.10. The highest BCUT2D eigenvalue weighted by Crippen LogP contribution is 2.14. The number of hydrogen-bond donors (Lipinski definition) is 0. The zero-order chi connectivity index (χ0) is 11.5. The van der Waals surface area contributed by atoms with Gasteiger partial charge in [0.25, 0.3) is 0 Å². The highest BCUT2D eigenvalue weighted by atomic mass is 32.2. The first kappa shape index (κ1) is 12.0. The highest BCUT2D eigenvalue weighted by molar-refractivity contribution is 7.86. The van der Waals surface area contributed by atoms with Crippen LogP contribution in [0.25, 0.3) is 0 Å². The van der Waals surface area contributed by atoms with Gasteiger partial charge in [-0.05, 0) is 31.8 Å². The van der Waals surface area contributed by atoms with Crippen molar-refractivity contribution in [1.82, 2.24) is 4.90 Å². The van der Waals surface area contributed by atoms with Crippen LogP contribution < -0.4 is 4.18 Å². The predicted molar refractivity (Wildman–Crippen MR) is 59.3 cm³/mol. The second-order valence-electron chi connectivity index (χ2n) is 3.67. The third-order valence-electron chi connectivity index (χ3n) is 1.67. The maximum Gasteiger partial charge on any atom is 0.306 e. The van der Waals surface area contributed by atoms with Crippen LogP contribution in [0.2, 0.25) is 0 Å². The summed E-state index contributed by atoms with van der Waals surface area (Å²) in [4.78, 5) is 2.03. The minimum Gasteiger partial charge on any atom is -0.383 e. The van der Waals surface area contributed by atoms with Gasteiger partial charge < -0.3 is 9.08 Å². The number of nitrogens with zero attached hydrogens (tertiary/aromatic N) is 1. The molecule has 0 radical (unpaired) electrons. The minimum atomic E-state index is -3.42. The van der Waals surface area contributed by atoms with Gasteiger partial charge in [-0.2, -0.15) is 8.42 Å². The summed E-state index contributed by atoms with van der Waals surface area (Å²) in [7, 11) is 0.523. The molecular weight excluding hydrogens is 214 g/mol. The molecule has 1 aromatic rings. The molecule has 0 fully saturated rings. The SMILES string of the molecule is CN(C)Cc1ccc(OS(C)(=O)=O)cc1. The van der Waals surface area contributed by atoms with Crippen molar-refractivity contribution in [1.29, 1.82) is 0 Å². The Bertz CT molecular complexity index is 409. The van der Waals surface area contributed by atoms with Crippen molar-refractivity contribution < 1.29 is 12.6 Å². The average molecular weight is 229 g/mol. The third kappa shape index (κ3) is 4.80. The quantitative estimate of drug-likeness (QED) is 0.725. The van der Waals surface area contributed by atoms with Crippen molar-refractivity contribution in [2.45, 2.75) is 6.54 Å². The molecule has 0 aromatic heterocycles. The van der Waals surface area contributed by atoms with Gasteiger partial charge in [-0.3, -0.25) is 0 Å². The van der Waals surface area contributed by atoms with E-state index in [2.05, 4.69) is 0 Å². The van der Waals surface area contributed by atoms with Crippen molar-refractivity contribution in [2.75, 3.05) is 20.4 Å². The van der Waals surface area contributed by atoms with Gasteiger partial charge in [0.05, 0.1) is 6.26 Å². The summed E-state index contributed by atoms with van der Waals surface area (Å²) in [6, 6.07) is 7.00. The Morgan fingerprint density at radius 1 is 1.20 bits per heavy atom. The molecule has 0 spiro atoms. The van der Waals surface area contributed by atoms with E-state index in [4.69, 9.17) is 4.18 Å². The Balaban J connectivity index is 2.73. The van der Waals surface area contributed by atoms with E-state index >= 15 is 0 Å². The molecular formula is C10H15NO3S. The maximum absolute atomic E-state index is 10.8. The Labute approximate surface area is 90.6 Å². The number of hydrogen-bond acceptors (Lipinski definition) is 4. The molecule has 15 heavy (non-hydrogen) atoms. The van der Waals surface area contributed by atoms with Crippen molar-refractivity contribution in [3.05, 3.63) is 29.8 Å². The Kier molecular flexibility index (Phi) is 3.71.